The fourth-order valence-corrected chi connectivity index (χ4v) is 6.92. The van der Waals surface area contributed by atoms with E-state index in [2.05, 4.69) is 5.32 Å². The van der Waals surface area contributed by atoms with Gasteiger partial charge >= 0.3 is 0 Å². The maximum absolute atomic E-state index is 16.5. The van der Waals surface area contributed by atoms with Crippen molar-refractivity contribution in [3.8, 4) is 0 Å². The highest BCUT2D eigenvalue weighted by molar-refractivity contribution is 6.13. The number of ether oxygens (including phenoxy) is 1. The molecule has 4 nitrogen and oxygen atoms in total. The highest BCUT2D eigenvalue weighted by atomic mass is 19.3. The van der Waals surface area contributed by atoms with Crippen LogP contribution in [0.15, 0.2) is 168 Å². The van der Waals surface area contributed by atoms with Crippen LogP contribution in [0.1, 0.15) is 51.4 Å². The molecule has 1 N–H and O–H groups in total. The predicted molar refractivity (Wildman–Crippen MR) is 207 cm³/mol. The van der Waals surface area contributed by atoms with Crippen molar-refractivity contribution in [1.29, 1.82) is 0 Å². The van der Waals surface area contributed by atoms with Crippen molar-refractivity contribution in [3.05, 3.63) is 208 Å². The van der Waals surface area contributed by atoms with E-state index in [9.17, 15) is 0 Å². The summed E-state index contributed by atoms with van der Waals surface area (Å²) in [7, 11) is 0. The molecule has 0 fully saturated rings. The number of nitrogens with one attached hydrogen (secondary N) is 1. The molecular weight excluding hydrogens is 668 g/mol. The van der Waals surface area contributed by atoms with Crippen LogP contribution in [0, 0.1) is 19.7 Å². The Bertz CT molecular complexity index is 2150. The molecule has 1 heterocycles. The Morgan fingerprint density at radius 3 is 1.70 bits per heavy atom. The van der Waals surface area contributed by atoms with E-state index in [-0.39, 0.29) is 18.0 Å². The third kappa shape index (κ3) is 7.05. The standard InChI is InChI=1S/C46H40F3N3O/c1-32-19-23-37(24-20-32)46(36-17-11-6-12-18-36,38-25-21-33(2)22-26-38)52-42-30-53-31-45(48,49)44(3,51-42)40-29-39(27-28-41(40)47)50-43(34-13-7-4-8-14-34)35-15-9-5-10-16-35/h4-29H,30-31H2,1-3H3,(H,51,52)/t44-/m1/s1. The van der Waals surface area contributed by atoms with Gasteiger partial charge in [-0.25, -0.2) is 18.2 Å². The lowest BCUT2D eigenvalue weighted by Gasteiger charge is -2.39. The van der Waals surface area contributed by atoms with Gasteiger partial charge in [0.2, 0.25) is 0 Å². The lowest BCUT2D eigenvalue weighted by Crippen LogP contribution is -2.50. The van der Waals surface area contributed by atoms with Gasteiger partial charge < -0.3 is 10.1 Å². The van der Waals surface area contributed by atoms with Gasteiger partial charge in [0, 0.05) is 16.7 Å². The average molecular weight is 708 g/mol. The largest absolute Gasteiger partial charge is 0.367 e. The summed E-state index contributed by atoms with van der Waals surface area (Å²) in [5.74, 6) is -4.26. The number of alkyl halides is 2. The van der Waals surface area contributed by atoms with E-state index < -0.39 is 29.4 Å². The van der Waals surface area contributed by atoms with Gasteiger partial charge in [-0.3, -0.25) is 4.99 Å². The summed E-state index contributed by atoms with van der Waals surface area (Å²) >= 11 is 0. The molecule has 266 valence electrons. The highest BCUT2D eigenvalue weighted by Crippen LogP contribution is 2.45. The first-order chi connectivity index (χ1) is 25.6. The summed E-state index contributed by atoms with van der Waals surface area (Å²) in [5, 5.41) is 3.61. The van der Waals surface area contributed by atoms with Crippen molar-refractivity contribution >= 4 is 17.2 Å². The quantitative estimate of drug-likeness (QED) is 0.126. The molecule has 0 radical (unpaired) electrons. The molecule has 0 aromatic heterocycles. The third-order valence-corrected chi connectivity index (χ3v) is 9.91. The summed E-state index contributed by atoms with van der Waals surface area (Å²) in [6.07, 6.45) is 0. The molecule has 0 amide bonds. The van der Waals surface area contributed by atoms with Crippen LogP contribution in [0.2, 0.25) is 0 Å². The fourth-order valence-electron chi connectivity index (χ4n) is 6.92. The van der Waals surface area contributed by atoms with Gasteiger partial charge in [0.15, 0.2) is 5.54 Å². The first kappa shape index (κ1) is 35.6. The van der Waals surface area contributed by atoms with Gasteiger partial charge in [0.25, 0.3) is 5.92 Å². The van der Waals surface area contributed by atoms with Crippen LogP contribution in [0.25, 0.3) is 0 Å². The van der Waals surface area contributed by atoms with Gasteiger partial charge in [0.05, 0.1) is 11.4 Å². The molecule has 0 unspecified atom stereocenters. The second-order valence-corrected chi connectivity index (χ2v) is 13.7. The molecule has 0 aliphatic carbocycles. The first-order valence-electron chi connectivity index (χ1n) is 17.6. The summed E-state index contributed by atoms with van der Waals surface area (Å²) in [4.78, 5) is 9.69. The second-order valence-electron chi connectivity index (χ2n) is 13.7. The molecule has 7 heteroatoms. The monoisotopic (exact) mass is 707 g/mol. The lowest BCUT2D eigenvalue weighted by atomic mass is 9.76. The van der Waals surface area contributed by atoms with Crippen molar-refractivity contribution in [2.45, 2.75) is 37.8 Å². The number of aliphatic imine (C=N–C) groups is 2. The second kappa shape index (κ2) is 14.7. The Morgan fingerprint density at radius 2 is 1.17 bits per heavy atom. The summed E-state index contributed by atoms with van der Waals surface area (Å²) in [6.45, 7) is 4.09. The minimum Gasteiger partial charge on any atom is -0.367 e. The van der Waals surface area contributed by atoms with E-state index in [1.54, 1.807) is 0 Å². The van der Waals surface area contributed by atoms with Crippen LogP contribution in [0.3, 0.4) is 0 Å². The number of nitrogens with zero attached hydrogens (tertiary/aromatic N) is 2. The Kier molecular flexibility index (Phi) is 9.86. The van der Waals surface area contributed by atoms with Gasteiger partial charge in [0.1, 0.15) is 30.4 Å². The van der Waals surface area contributed by atoms with Crippen LogP contribution in [-0.2, 0) is 15.8 Å². The Hall–Kier alpha value is -5.79. The molecule has 0 bridgehead atoms. The predicted octanol–water partition coefficient (Wildman–Crippen LogP) is 10.5. The summed E-state index contributed by atoms with van der Waals surface area (Å²) in [6, 6.07) is 49.2. The zero-order valence-electron chi connectivity index (χ0n) is 29.9. The smallest absolute Gasteiger partial charge is 0.299 e. The fraction of sp³-hybridized carbons (Fsp3) is 0.174. The topological polar surface area (TPSA) is 46.0 Å². The SMILES string of the molecule is Cc1ccc(C(NC2=N[C@](C)(c3cc(N=C(c4ccccc4)c4ccccc4)ccc3F)C(F)(F)COC2)(c2ccccc2)c2ccc(C)cc2)cc1. The van der Waals surface area contributed by atoms with Gasteiger partial charge in [-0.2, -0.15) is 0 Å². The van der Waals surface area contributed by atoms with Crippen LogP contribution in [0.4, 0.5) is 18.9 Å². The number of hydrogen-bond donors (Lipinski definition) is 1. The van der Waals surface area contributed by atoms with Crippen molar-refractivity contribution in [1.82, 2.24) is 5.32 Å². The van der Waals surface area contributed by atoms with Crippen LogP contribution in [0.5, 0.6) is 0 Å². The number of rotatable bonds is 8. The molecule has 1 atom stereocenters. The van der Waals surface area contributed by atoms with Crippen molar-refractivity contribution in [2.24, 2.45) is 9.98 Å². The summed E-state index contributed by atoms with van der Waals surface area (Å²) in [5.41, 5.74) is 3.62. The molecule has 1 aliphatic rings. The zero-order valence-corrected chi connectivity index (χ0v) is 29.9. The van der Waals surface area contributed by atoms with Gasteiger partial charge in [-0.15, -0.1) is 0 Å². The van der Waals surface area contributed by atoms with E-state index in [4.69, 9.17) is 14.7 Å². The average Bonchev–Trinajstić information content (AvgIpc) is 3.29. The van der Waals surface area contributed by atoms with Crippen LogP contribution < -0.4 is 5.32 Å². The van der Waals surface area contributed by atoms with Crippen LogP contribution >= 0.6 is 0 Å². The lowest BCUT2D eigenvalue weighted by molar-refractivity contribution is -0.116. The number of benzene rings is 6. The molecule has 0 spiro atoms. The van der Waals surface area contributed by atoms with Crippen molar-refractivity contribution < 1.29 is 17.9 Å². The van der Waals surface area contributed by atoms with Gasteiger partial charge in [-0.1, -0.05) is 151 Å². The zero-order chi connectivity index (χ0) is 37.1. The molecule has 6 aromatic rings. The number of halogens is 3. The Balaban J connectivity index is 1.40. The number of amidine groups is 1. The molecule has 0 saturated heterocycles. The van der Waals surface area contributed by atoms with Crippen LogP contribution in [-0.4, -0.2) is 30.7 Å². The Morgan fingerprint density at radius 1 is 0.679 bits per heavy atom. The Labute approximate surface area is 308 Å². The maximum Gasteiger partial charge on any atom is 0.299 e. The molecule has 53 heavy (non-hydrogen) atoms. The normalized spacial score (nSPS) is 17.0. The maximum atomic E-state index is 16.5. The first-order valence-corrected chi connectivity index (χ1v) is 17.6. The highest BCUT2D eigenvalue weighted by Gasteiger charge is 2.55. The van der Waals surface area contributed by atoms with Crippen molar-refractivity contribution in [3.63, 3.8) is 0 Å². The van der Waals surface area contributed by atoms with E-state index >= 15 is 13.2 Å². The van der Waals surface area contributed by atoms with E-state index in [0.29, 0.717) is 11.4 Å². The molecule has 0 saturated carbocycles. The minimum atomic E-state index is -3.59. The molecule has 6 aromatic carbocycles. The minimum absolute atomic E-state index is 0.150. The van der Waals surface area contributed by atoms with E-state index in [1.165, 1.54) is 25.1 Å². The number of hydrogen-bond acceptors (Lipinski definition) is 4. The molecule has 1 aliphatic heterocycles. The van der Waals surface area contributed by atoms with Crippen molar-refractivity contribution in [2.75, 3.05) is 13.2 Å². The number of aryl methyl sites for hydroxylation is 2. The van der Waals surface area contributed by atoms with E-state index in [0.717, 1.165) is 38.9 Å². The molecule has 7 rings (SSSR count). The summed E-state index contributed by atoms with van der Waals surface area (Å²) < 4.78 is 54.8. The van der Waals surface area contributed by atoms with Gasteiger partial charge in [-0.05, 0) is 55.7 Å². The van der Waals surface area contributed by atoms with E-state index in [1.807, 2.05) is 153 Å². The molecular formula is C46H40F3N3O. The third-order valence-electron chi connectivity index (χ3n) is 9.91.